The van der Waals surface area contributed by atoms with Crippen molar-refractivity contribution in [1.29, 1.82) is 0 Å². The number of amides is 1. The maximum atomic E-state index is 12.0. The molecule has 0 bridgehead atoms. The molecule has 0 saturated carbocycles. The minimum absolute atomic E-state index is 0.0580. The SMILES string of the molecule is Cc1ccc2c(N=NC(=O)c3ccccc3O)c(O)[nH]c2c1C. The number of rotatable bonds is 2. The number of H-pyrrole nitrogens is 1. The molecule has 1 amide bonds. The Morgan fingerprint density at radius 1 is 1.09 bits per heavy atom. The Kier molecular flexibility index (Phi) is 3.57. The fraction of sp³-hybridized carbons (Fsp3) is 0.118. The molecule has 3 N–H and O–H groups in total. The summed E-state index contributed by atoms with van der Waals surface area (Å²) in [4.78, 5) is 14.9. The van der Waals surface area contributed by atoms with Crippen LogP contribution in [-0.2, 0) is 0 Å². The molecule has 116 valence electrons. The largest absolute Gasteiger partial charge is 0.507 e. The zero-order chi connectivity index (χ0) is 16.6. The number of azo groups is 1. The first-order valence-corrected chi connectivity index (χ1v) is 7.04. The van der Waals surface area contributed by atoms with Gasteiger partial charge in [0.2, 0.25) is 5.88 Å². The van der Waals surface area contributed by atoms with Crippen LogP contribution in [-0.4, -0.2) is 21.1 Å². The molecule has 0 atom stereocenters. The van der Waals surface area contributed by atoms with Gasteiger partial charge in [0.25, 0.3) is 5.91 Å². The second-order valence-electron chi connectivity index (χ2n) is 5.27. The number of phenols is 1. The molecule has 0 unspecified atom stereocenters. The van der Waals surface area contributed by atoms with Gasteiger partial charge in [-0.1, -0.05) is 24.3 Å². The summed E-state index contributed by atoms with van der Waals surface area (Å²) >= 11 is 0. The van der Waals surface area contributed by atoms with E-state index in [1.807, 2.05) is 26.0 Å². The van der Waals surface area contributed by atoms with Crippen molar-refractivity contribution in [3.8, 4) is 11.6 Å². The smallest absolute Gasteiger partial charge is 0.299 e. The molecule has 0 spiro atoms. The van der Waals surface area contributed by atoms with E-state index in [0.29, 0.717) is 5.39 Å². The van der Waals surface area contributed by atoms with E-state index >= 15 is 0 Å². The van der Waals surface area contributed by atoms with Crippen LogP contribution in [0.5, 0.6) is 11.6 Å². The van der Waals surface area contributed by atoms with Gasteiger partial charge in [0.1, 0.15) is 5.75 Å². The fourth-order valence-corrected chi connectivity index (χ4v) is 2.38. The van der Waals surface area contributed by atoms with Gasteiger partial charge < -0.3 is 15.2 Å². The summed E-state index contributed by atoms with van der Waals surface area (Å²) in [6, 6.07) is 9.82. The third-order valence-electron chi connectivity index (χ3n) is 3.83. The van der Waals surface area contributed by atoms with Crippen molar-refractivity contribution in [2.45, 2.75) is 13.8 Å². The van der Waals surface area contributed by atoms with E-state index in [0.717, 1.165) is 16.6 Å². The van der Waals surface area contributed by atoms with E-state index in [4.69, 9.17) is 0 Å². The molecule has 0 saturated heterocycles. The zero-order valence-electron chi connectivity index (χ0n) is 12.7. The minimum Gasteiger partial charge on any atom is -0.507 e. The van der Waals surface area contributed by atoms with E-state index in [9.17, 15) is 15.0 Å². The Morgan fingerprint density at radius 3 is 2.57 bits per heavy atom. The lowest BCUT2D eigenvalue weighted by molar-refractivity contribution is 0.0992. The van der Waals surface area contributed by atoms with Crippen molar-refractivity contribution in [2.75, 3.05) is 0 Å². The average Bonchev–Trinajstić information content (AvgIpc) is 2.85. The molecule has 3 aromatic rings. The molecule has 3 rings (SSSR count). The van der Waals surface area contributed by atoms with E-state index in [1.54, 1.807) is 12.1 Å². The lowest BCUT2D eigenvalue weighted by Gasteiger charge is -2.00. The normalized spacial score (nSPS) is 11.4. The number of hydrogen-bond donors (Lipinski definition) is 3. The van der Waals surface area contributed by atoms with Gasteiger partial charge in [0.05, 0.1) is 11.1 Å². The number of hydrogen-bond acceptors (Lipinski definition) is 4. The molecular weight excluding hydrogens is 294 g/mol. The average molecular weight is 309 g/mol. The number of nitrogens with one attached hydrogen (secondary N) is 1. The van der Waals surface area contributed by atoms with Gasteiger partial charge in [-0.05, 0) is 37.1 Å². The highest BCUT2D eigenvalue weighted by molar-refractivity contribution is 5.99. The predicted octanol–water partition coefficient (Wildman–Crippen LogP) is 4.12. The molecule has 0 aliphatic heterocycles. The van der Waals surface area contributed by atoms with Crippen molar-refractivity contribution < 1.29 is 15.0 Å². The van der Waals surface area contributed by atoms with Crippen LogP contribution in [0.15, 0.2) is 46.6 Å². The standard InChI is InChI=1S/C17H15N3O3/c1-9-7-8-12-14(10(9)2)18-17(23)15(12)19-20-16(22)11-5-3-4-6-13(11)21/h3-8,18,21,23H,1-2H3. The number of carbonyl (C=O) groups excluding carboxylic acids is 1. The quantitative estimate of drug-likeness (QED) is 0.621. The Balaban J connectivity index is 2.02. The number of phenolic OH excluding ortho intramolecular Hbond substituents is 1. The zero-order valence-corrected chi connectivity index (χ0v) is 12.7. The molecule has 0 radical (unpaired) electrons. The van der Waals surface area contributed by atoms with Gasteiger partial charge in [-0.2, -0.15) is 0 Å². The van der Waals surface area contributed by atoms with Crippen molar-refractivity contribution in [3.05, 3.63) is 53.1 Å². The van der Waals surface area contributed by atoms with Crippen LogP contribution in [0.4, 0.5) is 5.69 Å². The van der Waals surface area contributed by atoms with Gasteiger partial charge in [-0.25, -0.2) is 0 Å². The topological polar surface area (TPSA) is 98.0 Å². The lowest BCUT2D eigenvalue weighted by Crippen LogP contribution is -1.93. The van der Waals surface area contributed by atoms with E-state index < -0.39 is 5.91 Å². The van der Waals surface area contributed by atoms with Crippen molar-refractivity contribution in [2.24, 2.45) is 10.2 Å². The summed E-state index contributed by atoms with van der Waals surface area (Å²) in [6.45, 7) is 3.90. The van der Waals surface area contributed by atoms with Crippen LogP contribution >= 0.6 is 0 Å². The molecule has 0 fully saturated rings. The third-order valence-corrected chi connectivity index (χ3v) is 3.83. The highest BCUT2D eigenvalue weighted by Crippen LogP contribution is 2.37. The number of carbonyl (C=O) groups is 1. The Hall–Kier alpha value is -3.15. The maximum absolute atomic E-state index is 12.0. The molecule has 23 heavy (non-hydrogen) atoms. The molecule has 0 aliphatic rings. The third kappa shape index (κ3) is 2.55. The summed E-state index contributed by atoms with van der Waals surface area (Å²) in [5.74, 6) is -0.991. The summed E-state index contributed by atoms with van der Waals surface area (Å²) in [7, 11) is 0. The van der Waals surface area contributed by atoms with Crippen molar-refractivity contribution in [1.82, 2.24) is 4.98 Å². The van der Waals surface area contributed by atoms with Crippen LogP contribution in [0.25, 0.3) is 10.9 Å². The van der Waals surface area contributed by atoms with Crippen LogP contribution in [0.1, 0.15) is 21.5 Å². The number of aromatic amines is 1. The molecular formula is C17H15N3O3. The predicted molar refractivity (Wildman–Crippen MR) is 86.4 cm³/mol. The lowest BCUT2D eigenvalue weighted by atomic mass is 10.1. The summed E-state index contributed by atoms with van der Waals surface area (Å²) in [6.07, 6.45) is 0. The van der Waals surface area contributed by atoms with Crippen molar-refractivity contribution >= 4 is 22.5 Å². The van der Waals surface area contributed by atoms with Crippen molar-refractivity contribution in [3.63, 3.8) is 0 Å². The van der Waals surface area contributed by atoms with Gasteiger partial charge in [-0.3, -0.25) is 4.79 Å². The van der Waals surface area contributed by atoms with E-state index in [2.05, 4.69) is 15.2 Å². The molecule has 2 aromatic carbocycles. The number of nitrogens with zero attached hydrogens (tertiary/aromatic N) is 2. The highest BCUT2D eigenvalue weighted by Gasteiger charge is 2.14. The van der Waals surface area contributed by atoms with Gasteiger partial charge >= 0.3 is 0 Å². The minimum atomic E-state index is -0.680. The first-order valence-electron chi connectivity index (χ1n) is 7.04. The number of benzene rings is 2. The molecule has 0 aliphatic carbocycles. The van der Waals surface area contributed by atoms with Gasteiger partial charge in [-0.15, -0.1) is 10.2 Å². The van der Waals surface area contributed by atoms with E-state index in [-0.39, 0.29) is 22.9 Å². The Morgan fingerprint density at radius 2 is 1.83 bits per heavy atom. The van der Waals surface area contributed by atoms with Crippen LogP contribution < -0.4 is 0 Å². The number of aromatic hydroxyl groups is 2. The molecule has 1 heterocycles. The number of aryl methyl sites for hydroxylation is 2. The Labute approximate surface area is 132 Å². The fourth-order valence-electron chi connectivity index (χ4n) is 2.38. The number of para-hydroxylation sites is 1. The molecule has 6 heteroatoms. The second kappa shape index (κ2) is 5.57. The summed E-state index contributed by atoms with van der Waals surface area (Å²) in [5, 5.41) is 27.8. The summed E-state index contributed by atoms with van der Waals surface area (Å²) in [5.41, 5.74) is 3.08. The van der Waals surface area contributed by atoms with Crippen LogP contribution in [0, 0.1) is 13.8 Å². The number of fused-ring (bicyclic) bond motifs is 1. The summed E-state index contributed by atoms with van der Waals surface area (Å²) < 4.78 is 0. The van der Waals surface area contributed by atoms with Gasteiger partial charge in [0.15, 0.2) is 5.69 Å². The van der Waals surface area contributed by atoms with Gasteiger partial charge in [0, 0.05) is 5.39 Å². The first-order chi connectivity index (χ1) is 11.0. The Bertz CT molecular complexity index is 942. The number of aromatic nitrogens is 1. The monoisotopic (exact) mass is 309 g/mol. The van der Waals surface area contributed by atoms with Crippen LogP contribution in [0.2, 0.25) is 0 Å². The van der Waals surface area contributed by atoms with Crippen LogP contribution in [0.3, 0.4) is 0 Å². The maximum Gasteiger partial charge on any atom is 0.299 e. The highest BCUT2D eigenvalue weighted by atomic mass is 16.3. The van der Waals surface area contributed by atoms with E-state index in [1.165, 1.54) is 12.1 Å². The molecule has 1 aromatic heterocycles. The first kappa shape index (κ1) is 14.8. The second-order valence-corrected chi connectivity index (χ2v) is 5.27. The molecule has 6 nitrogen and oxygen atoms in total.